The molecule has 0 spiro atoms. The molecule has 2 aromatic rings. The van der Waals surface area contributed by atoms with Crippen LogP contribution in [0.2, 0.25) is 0 Å². The molecule has 1 saturated heterocycles. The fourth-order valence-electron chi connectivity index (χ4n) is 4.47. The number of aryl methyl sites for hydroxylation is 2. The van der Waals surface area contributed by atoms with Gasteiger partial charge in [0, 0.05) is 39.3 Å². The zero-order valence-corrected chi connectivity index (χ0v) is 21.9. The number of hydrogen-bond acceptors (Lipinski definition) is 5. The molecule has 1 fully saturated rings. The van der Waals surface area contributed by atoms with Gasteiger partial charge in [0.2, 0.25) is 0 Å². The highest BCUT2D eigenvalue weighted by molar-refractivity contribution is 5.79. The summed E-state index contributed by atoms with van der Waals surface area (Å²) in [5.41, 5.74) is 2.42. The van der Waals surface area contributed by atoms with Crippen molar-refractivity contribution < 1.29 is 27.4 Å². The summed E-state index contributed by atoms with van der Waals surface area (Å²) in [6.45, 7) is 14.9. The second-order valence-electron chi connectivity index (χ2n) is 9.95. The summed E-state index contributed by atoms with van der Waals surface area (Å²) in [6, 6.07) is 9.69. The maximum absolute atomic E-state index is 12.7. The smallest absolute Gasteiger partial charge is 0.416 e. The predicted molar refractivity (Wildman–Crippen MR) is 134 cm³/mol. The zero-order chi connectivity index (χ0) is 26.5. The molecule has 0 N–H and O–H groups in total. The minimum Gasteiger partial charge on any atom is -0.476 e. The number of carbonyl (C=O) groups excluding carboxylic acids is 1. The van der Waals surface area contributed by atoms with Gasteiger partial charge in [-0.05, 0) is 75.4 Å². The van der Waals surface area contributed by atoms with Gasteiger partial charge in [-0.15, -0.1) is 0 Å². The maximum Gasteiger partial charge on any atom is 0.416 e. The number of alkyl halides is 3. The number of benzene rings is 2. The first-order valence-corrected chi connectivity index (χ1v) is 12.5. The van der Waals surface area contributed by atoms with Crippen LogP contribution < -0.4 is 4.74 Å². The van der Waals surface area contributed by atoms with Gasteiger partial charge in [0.15, 0.2) is 5.60 Å². The Bertz CT molecular complexity index is 1000. The van der Waals surface area contributed by atoms with Crippen molar-refractivity contribution in [2.75, 3.05) is 39.3 Å². The minimum atomic E-state index is -4.29. The first kappa shape index (κ1) is 28.0. The molecular weight excluding hydrogens is 469 g/mol. The first-order chi connectivity index (χ1) is 16.9. The fourth-order valence-corrected chi connectivity index (χ4v) is 4.47. The molecule has 36 heavy (non-hydrogen) atoms. The molecule has 198 valence electrons. The van der Waals surface area contributed by atoms with Gasteiger partial charge in [-0.2, -0.15) is 13.2 Å². The Morgan fingerprint density at radius 2 is 1.47 bits per heavy atom. The summed E-state index contributed by atoms with van der Waals surface area (Å²) < 4.78 is 49.4. The van der Waals surface area contributed by atoms with Crippen molar-refractivity contribution in [3.05, 3.63) is 64.2 Å². The lowest BCUT2D eigenvalue weighted by atomic mass is 10.0. The van der Waals surface area contributed by atoms with Crippen molar-refractivity contribution in [2.24, 2.45) is 0 Å². The average molecular weight is 507 g/mol. The molecule has 0 saturated carbocycles. The molecule has 8 heteroatoms. The Hall–Kier alpha value is -2.58. The molecule has 2 aromatic carbocycles. The quantitative estimate of drug-likeness (QED) is 0.426. The highest BCUT2D eigenvalue weighted by Crippen LogP contribution is 2.30. The molecule has 0 amide bonds. The number of piperazine rings is 1. The fraction of sp³-hybridized carbons (Fsp3) is 0.536. The van der Waals surface area contributed by atoms with E-state index < -0.39 is 17.3 Å². The van der Waals surface area contributed by atoms with E-state index in [1.165, 1.54) is 5.56 Å². The predicted octanol–water partition coefficient (Wildman–Crippen LogP) is 5.40. The SMILES string of the molecule is CCOC(=O)C(C)(C)Oc1c(C)cc(CN2CCN(CCc3ccc(C(F)(F)F)cc3)CC2)cc1C. The van der Waals surface area contributed by atoms with E-state index in [1.54, 1.807) is 32.9 Å². The maximum atomic E-state index is 12.7. The van der Waals surface area contributed by atoms with Crippen molar-refractivity contribution in [3.8, 4) is 5.75 Å². The van der Waals surface area contributed by atoms with E-state index in [1.807, 2.05) is 13.8 Å². The second-order valence-corrected chi connectivity index (χ2v) is 9.95. The van der Waals surface area contributed by atoms with Crippen LogP contribution in [0.4, 0.5) is 13.2 Å². The van der Waals surface area contributed by atoms with Crippen LogP contribution in [0.5, 0.6) is 5.75 Å². The first-order valence-electron chi connectivity index (χ1n) is 12.5. The van der Waals surface area contributed by atoms with Crippen LogP contribution in [0, 0.1) is 13.8 Å². The topological polar surface area (TPSA) is 42.0 Å². The normalized spacial score (nSPS) is 15.7. The Labute approximate surface area is 212 Å². The third-order valence-electron chi connectivity index (χ3n) is 6.51. The number of nitrogens with zero attached hydrogens (tertiary/aromatic N) is 2. The molecule has 1 heterocycles. The minimum absolute atomic E-state index is 0.310. The molecule has 0 bridgehead atoms. The van der Waals surface area contributed by atoms with Gasteiger partial charge < -0.3 is 14.4 Å². The number of ether oxygens (including phenoxy) is 2. The molecule has 1 aliphatic heterocycles. The molecule has 0 atom stereocenters. The van der Waals surface area contributed by atoms with Crippen LogP contribution in [0.3, 0.4) is 0 Å². The van der Waals surface area contributed by atoms with Crippen LogP contribution in [0.15, 0.2) is 36.4 Å². The van der Waals surface area contributed by atoms with E-state index in [9.17, 15) is 18.0 Å². The van der Waals surface area contributed by atoms with E-state index in [0.717, 1.165) is 74.5 Å². The van der Waals surface area contributed by atoms with Crippen molar-refractivity contribution in [3.63, 3.8) is 0 Å². The lowest BCUT2D eigenvalue weighted by Crippen LogP contribution is -2.46. The summed E-state index contributed by atoms with van der Waals surface area (Å²) in [5, 5.41) is 0. The summed E-state index contributed by atoms with van der Waals surface area (Å²) in [4.78, 5) is 17.0. The number of rotatable bonds is 9. The molecule has 5 nitrogen and oxygen atoms in total. The highest BCUT2D eigenvalue weighted by Gasteiger charge is 2.33. The summed E-state index contributed by atoms with van der Waals surface area (Å²) in [6.07, 6.45) is -3.56. The molecule has 0 radical (unpaired) electrons. The standard InChI is InChI=1S/C28H37F3N2O3/c1-6-35-26(34)27(4,5)36-25-20(2)17-23(18-21(25)3)19-33-15-13-32(14-16-33)12-11-22-7-9-24(10-8-22)28(29,30)31/h7-10,17-18H,6,11-16,19H2,1-5H3. The van der Waals surface area contributed by atoms with Crippen molar-refractivity contribution >= 4 is 5.97 Å². The monoisotopic (exact) mass is 506 g/mol. The van der Waals surface area contributed by atoms with Gasteiger partial charge in [0.25, 0.3) is 0 Å². The van der Waals surface area contributed by atoms with Gasteiger partial charge in [-0.3, -0.25) is 4.90 Å². The van der Waals surface area contributed by atoms with Crippen LogP contribution in [-0.2, 0) is 28.7 Å². The third kappa shape index (κ3) is 7.46. The van der Waals surface area contributed by atoms with E-state index >= 15 is 0 Å². The van der Waals surface area contributed by atoms with Crippen LogP contribution in [0.1, 0.15) is 48.6 Å². The van der Waals surface area contributed by atoms with Crippen molar-refractivity contribution in [1.82, 2.24) is 9.80 Å². The zero-order valence-electron chi connectivity index (χ0n) is 21.9. The Balaban J connectivity index is 1.50. The van der Waals surface area contributed by atoms with Crippen LogP contribution in [0.25, 0.3) is 0 Å². The number of hydrogen-bond donors (Lipinski definition) is 0. The molecule has 0 aliphatic carbocycles. The summed E-state index contributed by atoms with van der Waals surface area (Å²) in [7, 11) is 0. The van der Waals surface area contributed by atoms with Crippen LogP contribution in [-0.4, -0.2) is 60.7 Å². The molecule has 1 aliphatic rings. The summed E-state index contributed by atoms with van der Waals surface area (Å²) >= 11 is 0. The summed E-state index contributed by atoms with van der Waals surface area (Å²) in [5.74, 6) is 0.328. The largest absolute Gasteiger partial charge is 0.476 e. The van der Waals surface area contributed by atoms with Crippen LogP contribution >= 0.6 is 0 Å². The Morgan fingerprint density at radius 1 is 0.917 bits per heavy atom. The molecule has 3 rings (SSSR count). The molecule has 0 unspecified atom stereocenters. The van der Waals surface area contributed by atoms with E-state index in [2.05, 4.69) is 21.9 Å². The Morgan fingerprint density at radius 3 is 2.00 bits per heavy atom. The van der Waals surface area contributed by atoms with E-state index in [0.29, 0.717) is 12.4 Å². The lowest BCUT2D eigenvalue weighted by Gasteiger charge is -2.35. The number of halogens is 3. The van der Waals surface area contributed by atoms with Gasteiger partial charge in [-0.1, -0.05) is 24.3 Å². The van der Waals surface area contributed by atoms with Gasteiger partial charge in [0.05, 0.1) is 12.2 Å². The van der Waals surface area contributed by atoms with Crippen molar-refractivity contribution in [1.29, 1.82) is 0 Å². The van der Waals surface area contributed by atoms with E-state index in [4.69, 9.17) is 9.47 Å². The molecule has 0 aromatic heterocycles. The van der Waals surface area contributed by atoms with Gasteiger partial charge in [0.1, 0.15) is 5.75 Å². The molecular formula is C28H37F3N2O3. The second kappa shape index (κ2) is 11.6. The Kier molecular flexibility index (Phi) is 9.06. The van der Waals surface area contributed by atoms with Crippen molar-refractivity contribution in [2.45, 2.75) is 59.4 Å². The van der Waals surface area contributed by atoms with Gasteiger partial charge >= 0.3 is 12.1 Å². The highest BCUT2D eigenvalue weighted by atomic mass is 19.4. The average Bonchev–Trinajstić information content (AvgIpc) is 2.81. The number of esters is 1. The lowest BCUT2D eigenvalue weighted by molar-refractivity contribution is -0.158. The van der Waals surface area contributed by atoms with E-state index in [-0.39, 0.29) is 5.97 Å². The third-order valence-corrected chi connectivity index (χ3v) is 6.51. The van der Waals surface area contributed by atoms with Gasteiger partial charge in [-0.25, -0.2) is 4.79 Å². The number of carbonyl (C=O) groups is 1.